The highest BCUT2D eigenvalue weighted by molar-refractivity contribution is 6.10. The zero-order chi connectivity index (χ0) is 17.3. The van der Waals surface area contributed by atoms with E-state index in [1.807, 2.05) is 6.07 Å². The lowest BCUT2D eigenvalue weighted by atomic mass is 9.99. The van der Waals surface area contributed by atoms with Gasteiger partial charge in [0.25, 0.3) is 5.91 Å². The summed E-state index contributed by atoms with van der Waals surface area (Å²) in [5.41, 5.74) is -0.711. The minimum Gasteiger partial charge on any atom is -0.463 e. The Morgan fingerprint density at radius 1 is 1.21 bits per heavy atom. The van der Waals surface area contributed by atoms with E-state index in [0.29, 0.717) is 17.2 Å². The van der Waals surface area contributed by atoms with E-state index in [2.05, 4.69) is 10.6 Å². The Kier molecular flexibility index (Phi) is 3.84. The van der Waals surface area contributed by atoms with E-state index in [4.69, 9.17) is 4.42 Å². The molecule has 0 bridgehead atoms. The number of carbonyl (C=O) groups is 3. The van der Waals surface area contributed by atoms with Gasteiger partial charge in [-0.1, -0.05) is 18.2 Å². The lowest BCUT2D eigenvalue weighted by Crippen LogP contribution is -2.41. The monoisotopic (exact) mass is 327 g/mol. The van der Waals surface area contributed by atoms with E-state index in [1.165, 1.54) is 0 Å². The summed E-state index contributed by atoms with van der Waals surface area (Å²) in [6, 6.07) is 11.5. The van der Waals surface area contributed by atoms with Crippen molar-refractivity contribution in [1.29, 1.82) is 0 Å². The highest BCUT2D eigenvalue weighted by Gasteiger charge is 2.51. The Labute approximate surface area is 138 Å². The molecule has 2 aromatic rings. The molecule has 0 unspecified atom stereocenters. The summed E-state index contributed by atoms with van der Waals surface area (Å²) in [4.78, 5) is 37.8. The first-order chi connectivity index (χ1) is 11.4. The van der Waals surface area contributed by atoms with Crippen LogP contribution in [0.25, 0.3) is 0 Å². The Morgan fingerprint density at radius 3 is 2.54 bits per heavy atom. The van der Waals surface area contributed by atoms with E-state index in [1.54, 1.807) is 50.2 Å². The largest absolute Gasteiger partial charge is 0.463 e. The predicted octanol–water partition coefficient (Wildman–Crippen LogP) is 1.99. The van der Waals surface area contributed by atoms with Crippen LogP contribution >= 0.6 is 0 Å². The first-order valence-corrected chi connectivity index (χ1v) is 7.46. The van der Waals surface area contributed by atoms with Crippen LogP contribution in [0, 0.1) is 6.92 Å². The molecular formula is C17H17N3O4. The Bertz CT molecular complexity index is 799. The smallest absolute Gasteiger partial charge is 0.325 e. The van der Waals surface area contributed by atoms with Crippen LogP contribution in [0.2, 0.25) is 0 Å². The second-order valence-corrected chi connectivity index (χ2v) is 5.77. The zero-order valence-corrected chi connectivity index (χ0v) is 13.3. The quantitative estimate of drug-likeness (QED) is 0.840. The lowest BCUT2D eigenvalue weighted by molar-refractivity contribution is -0.134. The topological polar surface area (TPSA) is 91.7 Å². The number of hydrogen-bond acceptors (Lipinski definition) is 4. The number of urea groups is 1. The summed E-state index contributed by atoms with van der Waals surface area (Å²) in [5.74, 6) is -0.00695. The Balaban J connectivity index is 1.74. The molecule has 0 saturated carbocycles. The molecule has 4 amide bonds. The number of rotatable bonds is 4. The number of amides is 4. The molecule has 1 fully saturated rings. The average Bonchev–Trinajstić information content (AvgIpc) is 3.07. The van der Waals surface area contributed by atoms with Crippen molar-refractivity contribution in [1.82, 2.24) is 10.2 Å². The maximum atomic E-state index is 12.6. The standard InChI is InChI=1S/C17H17N3O4/c1-11-8-9-13(24-11)17(2)15(22)20(16(23)19-17)10-14(21)18-12-6-4-3-5-7-12/h3-9H,10H2,1-2H3,(H,18,21)(H,19,23)/t17-/m1/s1. The van der Waals surface area contributed by atoms with Gasteiger partial charge in [0.2, 0.25) is 5.91 Å². The molecule has 124 valence electrons. The molecule has 1 aromatic carbocycles. The molecule has 7 heteroatoms. The average molecular weight is 327 g/mol. The van der Waals surface area contributed by atoms with Crippen LogP contribution in [-0.2, 0) is 15.1 Å². The second kappa shape index (κ2) is 5.84. The molecule has 0 aliphatic carbocycles. The molecular weight excluding hydrogens is 310 g/mol. The van der Waals surface area contributed by atoms with Crippen molar-refractivity contribution in [3.63, 3.8) is 0 Å². The van der Waals surface area contributed by atoms with Crippen molar-refractivity contribution < 1.29 is 18.8 Å². The van der Waals surface area contributed by atoms with Crippen LogP contribution < -0.4 is 10.6 Å². The van der Waals surface area contributed by atoms with Gasteiger partial charge in [-0.25, -0.2) is 4.79 Å². The van der Waals surface area contributed by atoms with Gasteiger partial charge >= 0.3 is 6.03 Å². The van der Waals surface area contributed by atoms with Crippen LogP contribution in [0.4, 0.5) is 10.5 Å². The van der Waals surface area contributed by atoms with Crippen LogP contribution in [-0.4, -0.2) is 29.3 Å². The fraction of sp³-hybridized carbons (Fsp3) is 0.235. The van der Waals surface area contributed by atoms with Crippen molar-refractivity contribution in [2.45, 2.75) is 19.4 Å². The summed E-state index contributed by atoms with van der Waals surface area (Å²) in [5, 5.41) is 5.24. The van der Waals surface area contributed by atoms with Gasteiger partial charge in [0.05, 0.1) is 0 Å². The molecule has 0 radical (unpaired) electrons. The number of benzene rings is 1. The van der Waals surface area contributed by atoms with Crippen LogP contribution in [0.15, 0.2) is 46.9 Å². The van der Waals surface area contributed by atoms with Gasteiger partial charge in [-0.2, -0.15) is 0 Å². The molecule has 24 heavy (non-hydrogen) atoms. The third kappa shape index (κ3) is 2.76. The molecule has 1 aliphatic rings. The van der Waals surface area contributed by atoms with E-state index in [9.17, 15) is 14.4 Å². The van der Waals surface area contributed by atoms with Gasteiger partial charge in [0.1, 0.15) is 18.1 Å². The Hall–Kier alpha value is -3.09. The third-order valence-electron chi connectivity index (χ3n) is 3.87. The highest BCUT2D eigenvalue weighted by atomic mass is 16.3. The number of hydrogen-bond donors (Lipinski definition) is 2. The van der Waals surface area contributed by atoms with Crippen molar-refractivity contribution in [2.24, 2.45) is 0 Å². The number of imide groups is 1. The molecule has 1 saturated heterocycles. The highest BCUT2D eigenvalue weighted by Crippen LogP contribution is 2.30. The van der Waals surface area contributed by atoms with Crippen molar-refractivity contribution in [3.05, 3.63) is 54.0 Å². The maximum absolute atomic E-state index is 12.6. The molecule has 1 aliphatic heterocycles. The van der Waals surface area contributed by atoms with E-state index in [0.717, 1.165) is 4.90 Å². The molecule has 1 atom stereocenters. The van der Waals surface area contributed by atoms with Gasteiger partial charge in [0, 0.05) is 5.69 Å². The number of para-hydroxylation sites is 1. The molecule has 7 nitrogen and oxygen atoms in total. The lowest BCUT2D eigenvalue weighted by Gasteiger charge is -2.19. The molecule has 2 heterocycles. The first-order valence-electron chi connectivity index (χ1n) is 7.46. The fourth-order valence-electron chi connectivity index (χ4n) is 2.58. The third-order valence-corrected chi connectivity index (χ3v) is 3.87. The molecule has 0 spiro atoms. The van der Waals surface area contributed by atoms with Gasteiger partial charge in [-0.05, 0) is 38.1 Å². The molecule has 3 rings (SSSR count). The van der Waals surface area contributed by atoms with Crippen LogP contribution in [0.3, 0.4) is 0 Å². The number of nitrogens with zero attached hydrogens (tertiary/aromatic N) is 1. The summed E-state index contributed by atoms with van der Waals surface area (Å²) >= 11 is 0. The number of furan rings is 1. The predicted molar refractivity (Wildman–Crippen MR) is 86.1 cm³/mol. The van der Waals surface area contributed by atoms with Gasteiger partial charge < -0.3 is 15.1 Å². The summed E-state index contributed by atoms with van der Waals surface area (Å²) in [6.45, 7) is 2.94. The molecule has 2 N–H and O–H groups in total. The maximum Gasteiger partial charge on any atom is 0.325 e. The summed E-state index contributed by atoms with van der Waals surface area (Å²) in [7, 11) is 0. The normalized spacial score (nSPS) is 20.2. The Morgan fingerprint density at radius 2 is 1.92 bits per heavy atom. The number of anilines is 1. The summed E-state index contributed by atoms with van der Waals surface area (Å²) in [6.07, 6.45) is 0. The zero-order valence-electron chi connectivity index (χ0n) is 13.3. The second-order valence-electron chi connectivity index (χ2n) is 5.77. The SMILES string of the molecule is Cc1ccc([C@@]2(C)NC(=O)N(CC(=O)Nc3ccccc3)C2=O)o1. The summed E-state index contributed by atoms with van der Waals surface area (Å²) < 4.78 is 5.48. The fourth-order valence-corrected chi connectivity index (χ4v) is 2.58. The molecule has 1 aromatic heterocycles. The van der Waals surface area contributed by atoms with E-state index in [-0.39, 0.29) is 6.54 Å². The number of nitrogens with one attached hydrogen (secondary N) is 2. The van der Waals surface area contributed by atoms with E-state index < -0.39 is 23.4 Å². The van der Waals surface area contributed by atoms with Gasteiger partial charge in [0.15, 0.2) is 5.54 Å². The van der Waals surface area contributed by atoms with Crippen LogP contribution in [0.1, 0.15) is 18.4 Å². The minimum atomic E-state index is -1.31. The van der Waals surface area contributed by atoms with E-state index >= 15 is 0 Å². The van der Waals surface area contributed by atoms with Crippen molar-refractivity contribution >= 4 is 23.5 Å². The van der Waals surface area contributed by atoms with Crippen molar-refractivity contribution in [2.75, 3.05) is 11.9 Å². The van der Waals surface area contributed by atoms with Gasteiger partial charge in [-0.3, -0.25) is 14.5 Å². The number of aryl methyl sites for hydroxylation is 1. The van der Waals surface area contributed by atoms with Crippen molar-refractivity contribution in [3.8, 4) is 0 Å². The van der Waals surface area contributed by atoms with Crippen LogP contribution in [0.5, 0.6) is 0 Å². The minimum absolute atomic E-state index is 0.337. The number of carbonyl (C=O) groups excluding carboxylic acids is 3. The first kappa shape index (κ1) is 15.8. The van der Waals surface area contributed by atoms with Gasteiger partial charge in [-0.15, -0.1) is 0 Å².